The van der Waals surface area contributed by atoms with Gasteiger partial charge in [0.15, 0.2) is 6.61 Å². The van der Waals surface area contributed by atoms with Crippen LogP contribution in [0.1, 0.15) is 18.1 Å². The summed E-state index contributed by atoms with van der Waals surface area (Å²) in [4.78, 5) is 12.2. The predicted molar refractivity (Wildman–Crippen MR) is 108 cm³/mol. The lowest BCUT2D eigenvalue weighted by Crippen LogP contribution is -2.20. The molecule has 0 saturated heterocycles. The fourth-order valence-corrected chi connectivity index (χ4v) is 2.72. The van der Waals surface area contributed by atoms with Crippen molar-refractivity contribution >= 4 is 29.1 Å². The van der Waals surface area contributed by atoms with Crippen LogP contribution in [0.5, 0.6) is 5.75 Å². The third-order valence-electron chi connectivity index (χ3n) is 3.99. The number of nitrogens with zero attached hydrogens (tertiary/aromatic N) is 4. The van der Waals surface area contributed by atoms with Gasteiger partial charge in [-0.05, 0) is 54.6 Å². The Morgan fingerprint density at radius 1 is 1.21 bits per heavy atom. The van der Waals surface area contributed by atoms with E-state index in [1.165, 1.54) is 0 Å². The molecule has 8 nitrogen and oxygen atoms in total. The molecule has 0 aliphatic rings. The Balaban J connectivity index is 1.61. The average molecular weight is 401 g/mol. The van der Waals surface area contributed by atoms with Crippen molar-refractivity contribution < 1.29 is 9.53 Å². The number of benzene rings is 2. The third kappa shape index (κ3) is 5.20. The van der Waals surface area contributed by atoms with E-state index in [1.54, 1.807) is 22.9 Å². The topological polar surface area (TPSA) is 94.0 Å². The normalized spacial score (nSPS) is 10.5. The van der Waals surface area contributed by atoms with E-state index in [0.717, 1.165) is 16.8 Å². The monoisotopic (exact) mass is 400 g/mol. The number of tetrazole rings is 1. The molecule has 28 heavy (non-hydrogen) atoms. The van der Waals surface area contributed by atoms with Crippen LogP contribution < -0.4 is 15.4 Å². The van der Waals surface area contributed by atoms with Crippen LogP contribution in [-0.4, -0.2) is 32.7 Å². The van der Waals surface area contributed by atoms with Crippen LogP contribution in [-0.2, 0) is 17.9 Å². The highest BCUT2D eigenvalue weighted by Crippen LogP contribution is 2.24. The third-order valence-corrected chi connectivity index (χ3v) is 4.22. The number of aromatic nitrogens is 4. The summed E-state index contributed by atoms with van der Waals surface area (Å²) >= 11 is 6.11. The largest absolute Gasteiger partial charge is 0.483 e. The van der Waals surface area contributed by atoms with Gasteiger partial charge in [-0.1, -0.05) is 34.4 Å². The number of carbonyl (C=O) groups is 1. The van der Waals surface area contributed by atoms with Crippen LogP contribution in [0.3, 0.4) is 0 Å². The maximum Gasteiger partial charge on any atom is 0.262 e. The average Bonchev–Trinajstić information content (AvgIpc) is 3.15. The Labute approximate surface area is 167 Å². The molecule has 9 heteroatoms. The first-order valence-corrected chi connectivity index (χ1v) is 9.20. The number of nitrogens with one attached hydrogen (secondary N) is 2. The van der Waals surface area contributed by atoms with Crippen molar-refractivity contribution in [3.8, 4) is 5.75 Å². The maximum absolute atomic E-state index is 12.2. The van der Waals surface area contributed by atoms with E-state index in [1.807, 2.05) is 38.1 Å². The molecule has 2 aromatic carbocycles. The zero-order chi connectivity index (χ0) is 19.9. The number of anilines is 2. The molecular weight excluding hydrogens is 380 g/mol. The first-order valence-electron chi connectivity index (χ1n) is 8.83. The first kappa shape index (κ1) is 19.6. The molecule has 0 saturated carbocycles. The van der Waals surface area contributed by atoms with E-state index >= 15 is 0 Å². The Morgan fingerprint density at radius 3 is 2.75 bits per heavy atom. The molecule has 0 unspecified atom stereocenters. The van der Waals surface area contributed by atoms with Gasteiger partial charge in [0.1, 0.15) is 5.75 Å². The standard InChI is InChI=1S/C19H21ClN6O2/c1-3-26-19(23-24-25-26)21-11-14-10-15(20)6-9-17(14)28-12-18(27)22-16-7-4-13(2)5-8-16/h4-10H,3,11-12H2,1-2H3,(H,22,27)(H,21,23,25). The molecule has 0 aliphatic carbocycles. The molecule has 146 valence electrons. The lowest BCUT2D eigenvalue weighted by atomic mass is 10.2. The molecule has 0 radical (unpaired) electrons. The number of ether oxygens (including phenoxy) is 1. The van der Waals surface area contributed by atoms with Crippen molar-refractivity contribution in [1.29, 1.82) is 0 Å². The maximum atomic E-state index is 12.2. The van der Waals surface area contributed by atoms with Gasteiger partial charge in [0, 0.05) is 29.4 Å². The fourth-order valence-electron chi connectivity index (χ4n) is 2.52. The van der Waals surface area contributed by atoms with Gasteiger partial charge in [-0.25, -0.2) is 4.68 Å². The van der Waals surface area contributed by atoms with Crippen LogP contribution in [0.4, 0.5) is 11.6 Å². The van der Waals surface area contributed by atoms with E-state index in [9.17, 15) is 4.79 Å². The van der Waals surface area contributed by atoms with Crippen LogP contribution in [0, 0.1) is 6.92 Å². The van der Waals surface area contributed by atoms with Gasteiger partial charge in [-0.3, -0.25) is 4.79 Å². The summed E-state index contributed by atoms with van der Waals surface area (Å²) in [5, 5.41) is 18.0. The number of hydrogen-bond acceptors (Lipinski definition) is 6. The molecule has 3 rings (SSSR count). The quantitative estimate of drug-likeness (QED) is 0.602. The van der Waals surface area contributed by atoms with E-state index < -0.39 is 0 Å². The molecule has 0 atom stereocenters. The minimum atomic E-state index is -0.243. The second kappa shape index (κ2) is 9.18. The van der Waals surface area contributed by atoms with E-state index in [-0.39, 0.29) is 12.5 Å². The highest BCUT2D eigenvalue weighted by atomic mass is 35.5. The summed E-state index contributed by atoms with van der Waals surface area (Å²) in [6.45, 7) is 4.87. The van der Waals surface area contributed by atoms with Gasteiger partial charge in [-0.15, -0.1) is 0 Å². The number of carbonyl (C=O) groups excluding carboxylic acids is 1. The molecule has 1 heterocycles. The van der Waals surface area contributed by atoms with Crippen LogP contribution in [0.15, 0.2) is 42.5 Å². The number of amides is 1. The van der Waals surface area contributed by atoms with Gasteiger partial charge >= 0.3 is 0 Å². The Bertz CT molecular complexity index is 942. The van der Waals surface area contributed by atoms with E-state index in [2.05, 4.69) is 26.2 Å². The van der Waals surface area contributed by atoms with Crippen molar-refractivity contribution in [2.24, 2.45) is 0 Å². The summed E-state index contributed by atoms with van der Waals surface area (Å²) in [7, 11) is 0. The van der Waals surface area contributed by atoms with Gasteiger partial charge in [0.05, 0.1) is 0 Å². The van der Waals surface area contributed by atoms with Gasteiger partial charge in [0.2, 0.25) is 5.95 Å². The highest BCUT2D eigenvalue weighted by Gasteiger charge is 2.10. The van der Waals surface area contributed by atoms with Crippen molar-refractivity contribution in [2.75, 3.05) is 17.2 Å². The second-order valence-electron chi connectivity index (χ2n) is 6.13. The molecular formula is C19H21ClN6O2. The SMILES string of the molecule is CCn1nnnc1NCc1cc(Cl)ccc1OCC(=O)Nc1ccc(C)cc1. The van der Waals surface area contributed by atoms with Crippen LogP contribution in [0.25, 0.3) is 0 Å². The summed E-state index contributed by atoms with van der Waals surface area (Å²) in [5.41, 5.74) is 2.64. The summed E-state index contributed by atoms with van der Waals surface area (Å²) in [5.74, 6) is 0.865. The number of hydrogen-bond donors (Lipinski definition) is 2. The number of rotatable bonds is 8. The fraction of sp³-hybridized carbons (Fsp3) is 0.263. The summed E-state index contributed by atoms with van der Waals surface area (Å²) < 4.78 is 7.35. The Kier molecular flexibility index (Phi) is 6.44. The zero-order valence-corrected chi connectivity index (χ0v) is 16.4. The summed E-state index contributed by atoms with van der Waals surface area (Å²) in [6.07, 6.45) is 0. The minimum Gasteiger partial charge on any atom is -0.483 e. The highest BCUT2D eigenvalue weighted by molar-refractivity contribution is 6.30. The summed E-state index contributed by atoms with van der Waals surface area (Å²) in [6, 6.07) is 12.8. The molecule has 1 amide bonds. The molecule has 0 spiro atoms. The number of halogens is 1. The molecule has 3 aromatic rings. The molecule has 1 aromatic heterocycles. The molecule has 2 N–H and O–H groups in total. The van der Waals surface area contributed by atoms with Crippen molar-refractivity contribution in [2.45, 2.75) is 26.9 Å². The molecule has 0 bridgehead atoms. The zero-order valence-electron chi connectivity index (χ0n) is 15.6. The van der Waals surface area contributed by atoms with Gasteiger partial charge in [0.25, 0.3) is 5.91 Å². The Morgan fingerprint density at radius 2 is 2.00 bits per heavy atom. The molecule has 0 aliphatic heterocycles. The minimum absolute atomic E-state index is 0.116. The van der Waals surface area contributed by atoms with Gasteiger partial charge in [-0.2, -0.15) is 0 Å². The lowest BCUT2D eigenvalue weighted by molar-refractivity contribution is -0.118. The van der Waals surface area contributed by atoms with Crippen molar-refractivity contribution in [1.82, 2.24) is 20.2 Å². The van der Waals surface area contributed by atoms with Crippen molar-refractivity contribution in [3.63, 3.8) is 0 Å². The second-order valence-corrected chi connectivity index (χ2v) is 6.56. The predicted octanol–water partition coefficient (Wildman–Crippen LogP) is 3.28. The van der Waals surface area contributed by atoms with Gasteiger partial charge < -0.3 is 15.4 Å². The van der Waals surface area contributed by atoms with Crippen LogP contribution in [0.2, 0.25) is 5.02 Å². The smallest absolute Gasteiger partial charge is 0.262 e. The van der Waals surface area contributed by atoms with Crippen LogP contribution >= 0.6 is 11.6 Å². The van der Waals surface area contributed by atoms with Crippen molar-refractivity contribution in [3.05, 3.63) is 58.6 Å². The lowest BCUT2D eigenvalue weighted by Gasteiger charge is -2.13. The first-order chi connectivity index (χ1) is 13.5. The molecule has 0 fully saturated rings. The van der Waals surface area contributed by atoms with E-state index in [0.29, 0.717) is 29.8 Å². The van der Waals surface area contributed by atoms with E-state index in [4.69, 9.17) is 16.3 Å². The Hall–Kier alpha value is -3.13. The number of aryl methyl sites for hydroxylation is 2.